The number of amides is 1. The van der Waals surface area contributed by atoms with Gasteiger partial charge in [0.2, 0.25) is 0 Å². The second-order valence-electron chi connectivity index (χ2n) is 5.13. The SMILES string of the molecule is CC(C)n1cc(C(N)=O)c2c1-c1ncncc1CC2. The van der Waals surface area contributed by atoms with E-state index in [1.807, 2.05) is 12.4 Å². The molecule has 0 saturated heterocycles. The highest BCUT2D eigenvalue weighted by molar-refractivity contribution is 5.96. The molecule has 0 fully saturated rings. The Kier molecular flexibility index (Phi) is 2.62. The number of aromatic nitrogens is 3. The molecule has 0 saturated carbocycles. The third-order valence-corrected chi connectivity index (χ3v) is 3.62. The van der Waals surface area contributed by atoms with Crippen molar-refractivity contribution in [3.8, 4) is 11.4 Å². The Morgan fingerprint density at radius 2 is 2.21 bits per heavy atom. The van der Waals surface area contributed by atoms with Gasteiger partial charge in [-0.15, -0.1) is 0 Å². The smallest absolute Gasteiger partial charge is 0.250 e. The van der Waals surface area contributed by atoms with E-state index in [1.165, 1.54) is 0 Å². The van der Waals surface area contributed by atoms with Gasteiger partial charge in [-0.05, 0) is 37.8 Å². The van der Waals surface area contributed by atoms with Gasteiger partial charge in [-0.1, -0.05) is 0 Å². The van der Waals surface area contributed by atoms with Gasteiger partial charge in [0, 0.05) is 18.4 Å². The second-order valence-corrected chi connectivity index (χ2v) is 5.13. The molecule has 0 atom stereocenters. The fraction of sp³-hybridized carbons (Fsp3) is 0.357. The van der Waals surface area contributed by atoms with E-state index in [2.05, 4.69) is 28.4 Å². The van der Waals surface area contributed by atoms with Crippen molar-refractivity contribution in [3.05, 3.63) is 35.4 Å². The Balaban J connectivity index is 2.31. The van der Waals surface area contributed by atoms with Gasteiger partial charge >= 0.3 is 0 Å². The van der Waals surface area contributed by atoms with E-state index in [4.69, 9.17) is 5.73 Å². The van der Waals surface area contributed by atoms with Crippen LogP contribution >= 0.6 is 0 Å². The van der Waals surface area contributed by atoms with E-state index >= 15 is 0 Å². The molecule has 0 radical (unpaired) electrons. The molecular formula is C14H16N4O. The van der Waals surface area contributed by atoms with Crippen LogP contribution in [-0.2, 0) is 12.8 Å². The molecule has 2 aromatic rings. The Bertz CT molecular complexity index is 657. The molecule has 2 heterocycles. The van der Waals surface area contributed by atoms with E-state index in [-0.39, 0.29) is 11.9 Å². The zero-order valence-electron chi connectivity index (χ0n) is 11.1. The van der Waals surface area contributed by atoms with E-state index < -0.39 is 0 Å². The van der Waals surface area contributed by atoms with Gasteiger partial charge in [0.05, 0.1) is 17.0 Å². The number of carbonyl (C=O) groups excluding carboxylic acids is 1. The minimum absolute atomic E-state index is 0.253. The van der Waals surface area contributed by atoms with Crippen molar-refractivity contribution in [1.29, 1.82) is 0 Å². The number of hydrogen-bond donors (Lipinski definition) is 1. The molecule has 1 amide bonds. The van der Waals surface area contributed by atoms with E-state index in [9.17, 15) is 4.79 Å². The summed E-state index contributed by atoms with van der Waals surface area (Å²) >= 11 is 0. The van der Waals surface area contributed by atoms with Crippen molar-refractivity contribution in [2.45, 2.75) is 32.7 Å². The van der Waals surface area contributed by atoms with Crippen molar-refractivity contribution >= 4 is 5.91 Å². The summed E-state index contributed by atoms with van der Waals surface area (Å²) in [6.07, 6.45) is 6.93. The first-order chi connectivity index (χ1) is 9.09. The maximum Gasteiger partial charge on any atom is 0.250 e. The minimum Gasteiger partial charge on any atom is -0.366 e. The first-order valence-corrected chi connectivity index (χ1v) is 6.42. The Morgan fingerprint density at radius 3 is 2.89 bits per heavy atom. The van der Waals surface area contributed by atoms with Crippen molar-refractivity contribution in [1.82, 2.24) is 14.5 Å². The molecule has 2 aromatic heterocycles. The summed E-state index contributed by atoms with van der Waals surface area (Å²) in [4.78, 5) is 20.1. The highest BCUT2D eigenvalue weighted by Gasteiger charge is 2.27. The van der Waals surface area contributed by atoms with Crippen LogP contribution in [0.15, 0.2) is 18.7 Å². The van der Waals surface area contributed by atoms with Gasteiger partial charge in [-0.3, -0.25) is 4.79 Å². The summed E-state index contributed by atoms with van der Waals surface area (Å²) < 4.78 is 2.08. The topological polar surface area (TPSA) is 73.8 Å². The van der Waals surface area contributed by atoms with Gasteiger partial charge in [0.15, 0.2) is 0 Å². The highest BCUT2D eigenvalue weighted by Crippen LogP contribution is 2.36. The molecule has 2 N–H and O–H groups in total. The van der Waals surface area contributed by atoms with Crippen LogP contribution < -0.4 is 5.73 Å². The maximum absolute atomic E-state index is 11.6. The number of nitrogens with zero attached hydrogens (tertiary/aromatic N) is 3. The molecule has 0 aliphatic heterocycles. The molecule has 0 aromatic carbocycles. The van der Waals surface area contributed by atoms with E-state index in [0.29, 0.717) is 5.56 Å². The molecule has 1 aliphatic carbocycles. The Hall–Kier alpha value is -2.17. The molecule has 3 rings (SSSR count). The standard InChI is InChI=1S/C14H16N4O/c1-8(2)18-6-11(14(15)19)10-4-3-9-5-16-7-17-12(9)13(10)18/h5-8H,3-4H2,1-2H3,(H2,15,19). The van der Waals surface area contributed by atoms with Crippen LogP contribution in [-0.4, -0.2) is 20.4 Å². The summed E-state index contributed by atoms with van der Waals surface area (Å²) in [5.74, 6) is -0.367. The van der Waals surface area contributed by atoms with Crippen LogP contribution in [0.2, 0.25) is 0 Å². The molecule has 5 nitrogen and oxygen atoms in total. The van der Waals surface area contributed by atoms with Crippen LogP contribution in [0.25, 0.3) is 11.4 Å². The number of aryl methyl sites for hydroxylation is 1. The molecule has 19 heavy (non-hydrogen) atoms. The summed E-state index contributed by atoms with van der Waals surface area (Å²) in [6, 6.07) is 0.253. The van der Waals surface area contributed by atoms with Crippen LogP contribution in [0.3, 0.4) is 0 Å². The molecule has 98 valence electrons. The number of primary amides is 1. The van der Waals surface area contributed by atoms with Crippen molar-refractivity contribution < 1.29 is 4.79 Å². The minimum atomic E-state index is -0.367. The van der Waals surface area contributed by atoms with Crippen LogP contribution in [0.5, 0.6) is 0 Å². The lowest BCUT2D eigenvalue weighted by atomic mass is 9.92. The third kappa shape index (κ3) is 1.73. The lowest BCUT2D eigenvalue weighted by molar-refractivity contribution is 0.0999. The van der Waals surface area contributed by atoms with Crippen molar-refractivity contribution in [3.63, 3.8) is 0 Å². The number of rotatable bonds is 2. The number of carbonyl (C=O) groups is 1. The maximum atomic E-state index is 11.6. The molecule has 0 bridgehead atoms. The zero-order valence-corrected chi connectivity index (χ0v) is 11.1. The monoisotopic (exact) mass is 256 g/mol. The Labute approximate surface area is 111 Å². The van der Waals surface area contributed by atoms with Gasteiger partial charge < -0.3 is 10.3 Å². The number of hydrogen-bond acceptors (Lipinski definition) is 3. The van der Waals surface area contributed by atoms with Crippen LogP contribution in [0.1, 0.15) is 41.4 Å². The lowest BCUT2D eigenvalue weighted by Crippen LogP contribution is -2.14. The normalized spacial score (nSPS) is 13.2. The first-order valence-electron chi connectivity index (χ1n) is 6.42. The van der Waals surface area contributed by atoms with Gasteiger partial charge in [-0.2, -0.15) is 0 Å². The molecule has 5 heteroatoms. The van der Waals surface area contributed by atoms with Gasteiger partial charge in [0.1, 0.15) is 6.33 Å². The highest BCUT2D eigenvalue weighted by atomic mass is 16.1. The van der Waals surface area contributed by atoms with Crippen LogP contribution in [0.4, 0.5) is 0 Å². The molecular weight excluding hydrogens is 240 g/mol. The zero-order chi connectivity index (χ0) is 13.6. The fourth-order valence-corrected chi connectivity index (χ4v) is 2.72. The lowest BCUT2D eigenvalue weighted by Gasteiger charge is -2.20. The average molecular weight is 256 g/mol. The van der Waals surface area contributed by atoms with Gasteiger partial charge in [0.25, 0.3) is 5.91 Å². The Morgan fingerprint density at radius 1 is 1.42 bits per heavy atom. The number of fused-ring (bicyclic) bond motifs is 3. The van der Waals surface area contributed by atoms with Gasteiger partial charge in [-0.25, -0.2) is 9.97 Å². The first kappa shape index (κ1) is 11.9. The van der Waals surface area contributed by atoms with Crippen molar-refractivity contribution in [2.24, 2.45) is 5.73 Å². The predicted octanol–water partition coefficient (Wildman–Crippen LogP) is 1.72. The van der Waals surface area contributed by atoms with Crippen LogP contribution in [0, 0.1) is 0 Å². The van der Waals surface area contributed by atoms with E-state index in [1.54, 1.807) is 6.33 Å². The number of nitrogens with two attached hydrogens (primary N) is 1. The van der Waals surface area contributed by atoms with Crippen molar-refractivity contribution in [2.75, 3.05) is 0 Å². The third-order valence-electron chi connectivity index (χ3n) is 3.62. The summed E-state index contributed by atoms with van der Waals surface area (Å²) in [5, 5.41) is 0. The molecule has 0 spiro atoms. The summed E-state index contributed by atoms with van der Waals surface area (Å²) in [7, 11) is 0. The predicted molar refractivity (Wildman–Crippen MR) is 71.8 cm³/mol. The largest absolute Gasteiger partial charge is 0.366 e. The van der Waals surface area contributed by atoms with E-state index in [0.717, 1.165) is 35.4 Å². The summed E-state index contributed by atoms with van der Waals surface area (Å²) in [6.45, 7) is 4.17. The quantitative estimate of drug-likeness (QED) is 0.889. The second kappa shape index (κ2) is 4.19. The molecule has 0 unspecified atom stereocenters. The molecule has 1 aliphatic rings. The fourth-order valence-electron chi connectivity index (χ4n) is 2.72. The summed E-state index contributed by atoms with van der Waals surface area (Å²) in [5.41, 5.74) is 10.2. The average Bonchev–Trinajstić information content (AvgIpc) is 2.78.